The lowest BCUT2D eigenvalue weighted by Crippen LogP contribution is -2.40. The SMILES string of the molecule is CC(C)(C)CNC(=O)c1ccc(C(=O)N[C@@H]2CCCOC2)cc1. The Morgan fingerprint density at radius 1 is 1.13 bits per heavy atom. The maximum atomic E-state index is 12.2. The van der Waals surface area contributed by atoms with E-state index in [0.717, 1.165) is 19.4 Å². The summed E-state index contributed by atoms with van der Waals surface area (Å²) in [4.78, 5) is 24.2. The topological polar surface area (TPSA) is 67.4 Å². The van der Waals surface area contributed by atoms with Crippen LogP contribution >= 0.6 is 0 Å². The molecular formula is C18H26N2O3. The van der Waals surface area contributed by atoms with Gasteiger partial charge in [-0.15, -0.1) is 0 Å². The molecule has 5 heteroatoms. The van der Waals surface area contributed by atoms with Crippen molar-refractivity contribution in [1.82, 2.24) is 10.6 Å². The molecular weight excluding hydrogens is 292 g/mol. The summed E-state index contributed by atoms with van der Waals surface area (Å²) in [5, 5.41) is 5.86. The smallest absolute Gasteiger partial charge is 0.251 e. The summed E-state index contributed by atoms with van der Waals surface area (Å²) in [6, 6.07) is 6.82. The van der Waals surface area contributed by atoms with Crippen molar-refractivity contribution in [1.29, 1.82) is 0 Å². The minimum absolute atomic E-state index is 0.0392. The number of carbonyl (C=O) groups is 2. The molecule has 1 saturated heterocycles. The molecule has 1 aromatic carbocycles. The zero-order chi connectivity index (χ0) is 16.9. The monoisotopic (exact) mass is 318 g/mol. The second-order valence-electron chi connectivity index (χ2n) is 7.21. The van der Waals surface area contributed by atoms with E-state index in [2.05, 4.69) is 31.4 Å². The van der Waals surface area contributed by atoms with Gasteiger partial charge in [0.25, 0.3) is 11.8 Å². The highest BCUT2D eigenvalue weighted by Crippen LogP contribution is 2.12. The molecule has 2 rings (SSSR count). The van der Waals surface area contributed by atoms with E-state index in [9.17, 15) is 9.59 Å². The van der Waals surface area contributed by atoms with Crippen LogP contribution in [0.4, 0.5) is 0 Å². The molecule has 0 saturated carbocycles. The van der Waals surface area contributed by atoms with Crippen LogP contribution in [0.15, 0.2) is 24.3 Å². The molecule has 1 fully saturated rings. The molecule has 2 N–H and O–H groups in total. The van der Waals surface area contributed by atoms with E-state index in [0.29, 0.717) is 24.3 Å². The summed E-state index contributed by atoms with van der Waals surface area (Å²) in [7, 11) is 0. The van der Waals surface area contributed by atoms with E-state index in [4.69, 9.17) is 4.74 Å². The molecule has 0 aliphatic carbocycles. The lowest BCUT2D eigenvalue weighted by atomic mass is 9.97. The van der Waals surface area contributed by atoms with Gasteiger partial charge in [-0.05, 0) is 42.5 Å². The van der Waals surface area contributed by atoms with Crippen molar-refractivity contribution < 1.29 is 14.3 Å². The fourth-order valence-electron chi connectivity index (χ4n) is 2.34. The number of hydrogen-bond acceptors (Lipinski definition) is 3. The van der Waals surface area contributed by atoms with Crippen LogP contribution in [0.5, 0.6) is 0 Å². The van der Waals surface area contributed by atoms with Gasteiger partial charge in [0.2, 0.25) is 0 Å². The predicted molar refractivity (Wildman–Crippen MR) is 89.5 cm³/mol. The highest BCUT2D eigenvalue weighted by atomic mass is 16.5. The number of ether oxygens (including phenoxy) is 1. The highest BCUT2D eigenvalue weighted by molar-refractivity contribution is 5.97. The van der Waals surface area contributed by atoms with Crippen LogP contribution in [0.3, 0.4) is 0 Å². The third kappa shape index (κ3) is 5.67. The molecule has 0 unspecified atom stereocenters. The molecule has 1 aliphatic rings. The maximum absolute atomic E-state index is 12.2. The summed E-state index contributed by atoms with van der Waals surface area (Å²) in [5.74, 6) is -0.241. The summed E-state index contributed by atoms with van der Waals surface area (Å²) in [6.45, 7) is 8.14. The third-order valence-corrected chi connectivity index (χ3v) is 3.68. The fraction of sp³-hybridized carbons (Fsp3) is 0.556. The minimum atomic E-state index is -0.123. The molecule has 5 nitrogen and oxygen atoms in total. The molecule has 0 spiro atoms. The van der Waals surface area contributed by atoms with Crippen molar-refractivity contribution in [2.24, 2.45) is 5.41 Å². The Labute approximate surface area is 137 Å². The second-order valence-corrected chi connectivity index (χ2v) is 7.21. The van der Waals surface area contributed by atoms with Gasteiger partial charge in [0.1, 0.15) is 0 Å². The van der Waals surface area contributed by atoms with Crippen LogP contribution in [0.25, 0.3) is 0 Å². The second kappa shape index (κ2) is 7.59. The number of carbonyl (C=O) groups excluding carboxylic acids is 2. The van der Waals surface area contributed by atoms with Gasteiger partial charge in [-0.2, -0.15) is 0 Å². The van der Waals surface area contributed by atoms with Gasteiger partial charge in [0.15, 0.2) is 0 Å². The quantitative estimate of drug-likeness (QED) is 0.895. The van der Waals surface area contributed by atoms with Gasteiger partial charge >= 0.3 is 0 Å². The Hall–Kier alpha value is -1.88. The normalized spacial score (nSPS) is 18.3. The van der Waals surface area contributed by atoms with Gasteiger partial charge in [0.05, 0.1) is 12.6 Å². The first-order chi connectivity index (χ1) is 10.8. The highest BCUT2D eigenvalue weighted by Gasteiger charge is 2.18. The lowest BCUT2D eigenvalue weighted by molar-refractivity contribution is 0.0624. The van der Waals surface area contributed by atoms with E-state index >= 15 is 0 Å². The molecule has 1 aromatic rings. The van der Waals surface area contributed by atoms with Crippen molar-refractivity contribution in [3.8, 4) is 0 Å². The summed E-state index contributed by atoms with van der Waals surface area (Å²) >= 11 is 0. The molecule has 1 atom stereocenters. The first kappa shape index (κ1) is 17.5. The van der Waals surface area contributed by atoms with Gasteiger partial charge in [0, 0.05) is 24.3 Å². The fourth-order valence-corrected chi connectivity index (χ4v) is 2.34. The van der Waals surface area contributed by atoms with E-state index in [1.807, 2.05) is 0 Å². The molecule has 1 aliphatic heterocycles. The van der Waals surface area contributed by atoms with Crippen LogP contribution in [0.2, 0.25) is 0 Å². The molecule has 1 heterocycles. The van der Waals surface area contributed by atoms with E-state index in [-0.39, 0.29) is 23.3 Å². The van der Waals surface area contributed by atoms with E-state index in [1.165, 1.54) is 0 Å². The van der Waals surface area contributed by atoms with Crippen LogP contribution in [0, 0.1) is 5.41 Å². The predicted octanol–water partition coefficient (Wildman–Crippen LogP) is 2.37. The van der Waals surface area contributed by atoms with Crippen molar-refractivity contribution >= 4 is 11.8 Å². The van der Waals surface area contributed by atoms with Crippen molar-refractivity contribution in [3.05, 3.63) is 35.4 Å². The Morgan fingerprint density at radius 2 is 1.74 bits per heavy atom. The number of hydrogen-bond donors (Lipinski definition) is 2. The zero-order valence-corrected chi connectivity index (χ0v) is 14.1. The van der Waals surface area contributed by atoms with Crippen LogP contribution in [-0.4, -0.2) is 37.6 Å². The number of rotatable bonds is 4. The van der Waals surface area contributed by atoms with Gasteiger partial charge in [-0.1, -0.05) is 20.8 Å². The Morgan fingerprint density at radius 3 is 2.26 bits per heavy atom. The van der Waals surface area contributed by atoms with Gasteiger partial charge in [-0.25, -0.2) is 0 Å². The first-order valence-electron chi connectivity index (χ1n) is 8.12. The molecule has 2 amide bonds. The maximum Gasteiger partial charge on any atom is 0.251 e. The van der Waals surface area contributed by atoms with Crippen LogP contribution in [-0.2, 0) is 4.74 Å². The minimum Gasteiger partial charge on any atom is -0.379 e. The Bertz CT molecular complexity index is 540. The molecule has 23 heavy (non-hydrogen) atoms. The van der Waals surface area contributed by atoms with Crippen molar-refractivity contribution in [2.45, 2.75) is 39.7 Å². The van der Waals surface area contributed by atoms with Crippen LogP contribution < -0.4 is 10.6 Å². The van der Waals surface area contributed by atoms with E-state index in [1.54, 1.807) is 24.3 Å². The molecule has 0 bridgehead atoms. The third-order valence-electron chi connectivity index (χ3n) is 3.68. The summed E-state index contributed by atoms with van der Waals surface area (Å²) < 4.78 is 5.36. The first-order valence-corrected chi connectivity index (χ1v) is 8.12. The lowest BCUT2D eigenvalue weighted by Gasteiger charge is -2.23. The van der Waals surface area contributed by atoms with E-state index < -0.39 is 0 Å². The average Bonchev–Trinajstić information content (AvgIpc) is 2.53. The zero-order valence-electron chi connectivity index (χ0n) is 14.1. The standard InChI is InChI=1S/C18H26N2O3/c1-18(2,3)12-19-16(21)13-6-8-14(9-7-13)17(22)20-15-5-4-10-23-11-15/h6-9,15H,4-5,10-12H2,1-3H3,(H,19,21)(H,20,22)/t15-/m1/s1. The number of nitrogens with one attached hydrogen (secondary N) is 2. The Kier molecular flexibility index (Phi) is 5.77. The molecule has 126 valence electrons. The number of amides is 2. The number of benzene rings is 1. The van der Waals surface area contributed by atoms with Crippen molar-refractivity contribution in [3.63, 3.8) is 0 Å². The van der Waals surface area contributed by atoms with Gasteiger partial charge in [-0.3, -0.25) is 9.59 Å². The van der Waals surface area contributed by atoms with Crippen molar-refractivity contribution in [2.75, 3.05) is 19.8 Å². The van der Waals surface area contributed by atoms with Gasteiger partial charge < -0.3 is 15.4 Å². The largest absolute Gasteiger partial charge is 0.379 e. The van der Waals surface area contributed by atoms with Crippen LogP contribution in [0.1, 0.15) is 54.3 Å². The Balaban J connectivity index is 1.90. The molecule has 0 radical (unpaired) electrons. The summed E-state index contributed by atoms with van der Waals surface area (Å²) in [6.07, 6.45) is 1.91. The average molecular weight is 318 g/mol. The molecule has 0 aromatic heterocycles. The summed E-state index contributed by atoms with van der Waals surface area (Å²) in [5.41, 5.74) is 1.16.